The van der Waals surface area contributed by atoms with Gasteiger partial charge in [0.25, 0.3) is 5.92 Å². The Bertz CT molecular complexity index is 663. The third-order valence-corrected chi connectivity index (χ3v) is 3.81. The number of carbonyl (C=O) groups excluding carboxylic acids is 1. The summed E-state index contributed by atoms with van der Waals surface area (Å²) in [6, 6.07) is 3.28. The second kappa shape index (κ2) is 4.80. The van der Waals surface area contributed by atoms with Crippen LogP contribution in [-0.2, 0) is 11.2 Å². The quantitative estimate of drug-likeness (QED) is 0.930. The van der Waals surface area contributed by atoms with Gasteiger partial charge in [0.05, 0.1) is 12.1 Å². The van der Waals surface area contributed by atoms with Crippen molar-refractivity contribution in [3.63, 3.8) is 0 Å². The van der Waals surface area contributed by atoms with Gasteiger partial charge in [-0.25, -0.2) is 13.8 Å². The maximum absolute atomic E-state index is 12.7. The van der Waals surface area contributed by atoms with Crippen molar-refractivity contribution in [3.05, 3.63) is 34.7 Å². The van der Waals surface area contributed by atoms with E-state index in [0.29, 0.717) is 0 Å². The van der Waals surface area contributed by atoms with Gasteiger partial charge >= 0.3 is 0 Å². The molecule has 1 N–H and O–H groups in total. The zero-order valence-electron chi connectivity index (χ0n) is 10.4. The number of halogens is 3. The fourth-order valence-electron chi connectivity index (χ4n) is 2.34. The van der Waals surface area contributed by atoms with E-state index in [0.717, 1.165) is 15.8 Å². The van der Waals surface area contributed by atoms with Crippen LogP contribution in [-0.4, -0.2) is 27.3 Å². The summed E-state index contributed by atoms with van der Waals surface area (Å²) < 4.78 is 28.1. The number of nitrogens with zero attached hydrogens (tertiary/aromatic N) is 2. The molecule has 2 heterocycles. The Hall–Kier alpha value is -1.50. The van der Waals surface area contributed by atoms with Crippen molar-refractivity contribution in [3.8, 4) is 0 Å². The summed E-state index contributed by atoms with van der Waals surface area (Å²) in [7, 11) is 0. The fraction of sp³-hybridized carbons (Fsp3) is 0.385. The van der Waals surface area contributed by atoms with Crippen molar-refractivity contribution < 1.29 is 13.6 Å². The molecule has 0 aromatic carbocycles. The van der Waals surface area contributed by atoms with E-state index in [2.05, 4.69) is 26.2 Å². The average Bonchev–Trinajstić information content (AvgIpc) is 2.69. The summed E-state index contributed by atoms with van der Waals surface area (Å²) in [5.41, 5.74) is 1.47. The van der Waals surface area contributed by atoms with E-state index in [4.69, 9.17) is 0 Å². The minimum Gasteiger partial charge on any atom is -0.353 e. The molecule has 3 rings (SSSR count). The largest absolute Gasteiger partial charge is 0.353 e. The first-order chi connectivity index (χ1) is 9.43. The van der Waals surface area contributed by atoms with Crippen molar-refractivity contribution >= 4 is 27.5 Å². The summed E-state index contributed by atoms with van der Waals surface area (Å²) in [6.07, 6.45) is 3.04. The highest BCUT2D eigenvalue weighted by Gasteiger charge is 2.45. The normalized spacial score (nSPS) is 17.9. The molecule has 1 aliphatic carbocycles. The van der Waals surface area contributed by atoms with E-state index in [1.54, 1.807) is 10.6 Å². The number of rotatable bonds is 3. The summed E-state index contributed by atoms with van der Waals surface area (Å²) in [4.78, 5) is 16.0. The highest BCUT2D eigenvalue weighted by molar-refractivity contribution is 9.10. The summed E-state index contributed by atoms with van der Waals surface area (Å²) in [6.45, 7) is 0. The number of pyridine rings is 1. The van der Waals surface area contributed by atoms with E-state index < -0.39 is 12.0 Å². The summed E-state index contributed by atoms with van der Waals surface area (Å²) in [5.74, 6) is -2.88. The molecule has 1 amide bonds. The Morgan fingerprint density at radius 2 is 2.25 bits per heavy atom. The Kier molecular flexibility index (Phi) is 3.24. The number of amides is 1. The molecule has 0 spiro atoms. The van der Waals surface area contributed by atoms with Gasteiger partial charge in [-0.05, 0) is 28.1 Å². The van der Waals surface area contributed by atoms with Crippen molar-refractivity contribution in [2.75, 3.05) is 0 Å². The van der Waals surface area contributed by atoms with Crippen LogP contribution in [0.15, 0.2) is 29.0 Å². The molecule has 2 aromatic heterocycles. The molecule has 0 atom stereocenters. The second-order valence-electron chi connectivity index (χ2n) is 5.03. The van der Waals surface area contributed by atoms with E-state index in [1.807, 2.05) is 18.3 Å². The van der Waals surface area contributed by atoms with Crippen LogP contribution in [0.2, 0.25) is 0 Å². The smallest absolute Gasteiger partial charge is 0.252 e. The van der Waals surface area contributed by atoms with Crippen LogP contribution in [0.3, 0.4) is 0 Å². The van der Waals surface area contributed by atoms with Gasteiger partial charge in [-0.2, -0.15) is 0 Å². The lowest BCUT2D eigenvalue weighted by molar-refractivity contribution is -0.128. The molecule has 0 saturated heterocycles. The number of hydrogen-bond donors (Lipinski definition) is 1. The highest BCUT2D eigenvalue weighted by Crippen LogP contribution is 2.37. The first-order valence-corrected chi connectivity index (χ1v) is 7.01. The maximum atomic E-state index is 12.7. The summed E-state index contributed by atoms with van der Waals surface area (Å²) >= 11 is 3.36. The standard InChI is InChI=1S/C13H12BrF2N3O/c14-8-1-2-11-17-6-10(19(11)7-8)3-12(20)18-9-4-13(15,16)5-9/h1-2,6-7,9H,3-5H2,(H,18,20). The maximum Gasteiger partial charge on any atom is 0.252 e. The zero-order chi connectivity index (χ0) is 14.3. The lowest BCUT2D eigenvalue weighted by atomic mass is 9.88. The van der Waals surface area contributed by atoms with Crippen LogP contribution < -0.4 is 5.32 Å². The topological polar surface area (TPSA) is 46.4 Å². The van der Waals surface area contributed by atoms with Crippen LogP contribution >= 0.6 is 15.9 Å². The van der Waals surface area contributed by atoms with Crippen LogP contribution in [0.1, 0.15) is 18.5 Å². The molecule has 1 aliphatic rings. The third-order valence-electron chi connectivity index (χ3n) is 3.34. The van der Waals surface area contributed by atoms with Crippen molar-refractivity contribution in [1.29, 1.82) is 0 Å². The number of carbonyl (C=O) groups is 1. The Morgan fingerprint density at radius 3 is 2.95 bits per heavy atom. The molecular weight excluding hydrogens is 332 g/mol. The van der Waals surface area contributed by atoms with E-state index in [9.17, 15) is 13.6 Å². The van der Waals surface area contributed by atoms with E-state index >= 15 is 0 Å². The Balaban J connectivity index is 1.67. The van der Waals surface area contributed by atoms with Crippen molar-refractivity contribution in [2.45, 2.75) is 31.2 Å². The monoisotopic (exact) mass is 343 g/mol. The molecule has 1 saturated carbocycles. The minimum atomic E-state index is -2.62. The number of aromatic nitrogens is 2. The predicted octanol–water partition coefficient (Wildman–Crippen LogP) is 2.55. The number of hydrogen-bond acceptors (Lipinski definition) is 2. The number of alkyl halides is 2. The van der Waals surface area contributed by atoms with Gasteiger partial charge in [-0.3, -0.25) is 4.79 Å². The number of imidazole rings is 1. The molecule has 2 aromatic rings. The average molecular weight is 344 g/mol. The van der Waals surface area contributed by atoms with Gasteiger partial charge in [0, 0.05) is 35.7 Å². The molecule has 7 heteroatoms. The van der Waals surface area contributed by atoms with Crippen LogP contribution in [0.4, 0.5) is 8.78 Å². The lowest BCUT2D eigenvalue weighted by Crippen LogP contribution is -2.50. The third kappa shape index (κ3) is 2.67. The zero-order valence-corrected chi connectivity index (χ0v) is 12.0. The molecule has 20 heavy (non-hydrogen) atoms. The molecular formula is C13H12BrF2N3O. The first-order valence-electron chi connectivity index (χ1n) is 6.22. The predicted molar refractivity (Wildman–Crippen MR) is 72.7 cm³/mol. The van der Waals surface area contributed by atoms with Crippen LogP contribution in [0.5, 0.6) is 0 Å². The van der Waals surface area contributed by atoms with Crippen molar-refractivity contribution in [1.82, 2.24) is 14.7 Å². The fourth-order valence-corrected chi connectivity index (χ4v) is 2.68. The van der Waals surface area contributed by atoms with Crippen LogP contribution in [0, 0.1) is 0 Å². The van der Waals surface area contributed by atoms with Gasteiger partial charge in [-0.1, -0.05) is 0 Å². The van der Waals surface area contributed by atoms with Gasteiger partial charge < -0.3 is 9.72 Å². The molecule has 0 radical (unpaired) electrons. The van der Waals surface area contributed by atoms with Crippen molar-refractivity contribution in [2.24, 2.45) is 0 Å². The molecule has 0 bridgehead atoms. The molecule has 0 unspecified atom stereocenters. The van der Waals surface area contributed by atoms with E-state index in [1.165, 1.54) is 0 Å². The lowest BCUT2D eigenvalue weighted by Gasteiger charge is -2.35. The SMILES string of the molecule is O=C(Cc1cnc2ccc(Br)cn12)NC1CC(F)(F)C1. The summed E-state index contributed by atoms with van der Waals surface area (Å²) in [5, 5.41) is 2.62. The minimum absolute atomic E-state index is 0.125. The van der Waals surface area contributed by atoms with Crippen LogP contribution in [0.25, 0.3) is 5.65 Å². The molecule has 0 aliphatic heterocycles. The first kappa shape index (κ1) is 13.5. The second-order valence-corrected chi connectivity index (χ2v) is 5.95. The number of fused-ring (bicyclic) bond motifs is 1. The van der Waals surface area contributed by atoms with E-state index in [-0.39, 0.29) is 25.2 Å². The highest BCUT2D eigenvalue weighted by atomic mass is 79.9. The van der Waals surface area contributed by atoms with Gasteiger partial charge in [0.15, 0.2) is 0 Å². The van der Waals surface area contributed by atoms with Gasteiger partial charge in [0.2, 0.25) is 5.91 Å². The van der Waals surface area contributed by atoms with Gasteiger partial charge in [-0.15, -0.1) is 0 Å². The Morgan fingerprint density at radius 1 is 1.50 bits per heavy atom. The number of nitrogens with one attached hydrogen (secondary N) is 1. The van der Waals surface area contributed by atoms with Gasteiger partial charge in [0.1, 0.15) is 5.65 Å². The molecule has 4 nitrogen and oxygen atoms in total. The molecule has 1 fully saturated rings. The molecule has 106 valence electrons. The Labute approximate surface area is 122 Å².